The largest absolute Gasteiger partial charge is 1.00 e. The molecule has 0 rings (SSSR count). The van der Waals surface area contributed by atoms with Gasteiger partial charge in [-0.15, -0.1) is 0 Å². The molecule has 0 aromatic rings. The van der Waals surface area contributed by atoms with Gasteiger partial charge in [0.05, 0.1) is 0 Å². The molecule has 1 atom stereocenters. The van der Waals surface area contributed by atoms with Crippen molar-refractivity contribution in [3.63, 3.8) is 0 Å². The molecule has 0 aromatic carbocycles. The van der Waals surface area contributed by atoms with E-state index in [9.17, 15) is 14.7 Å². The first kappa shape index (κ1) is 13.1. The molecule has 0 spiro atoms. The maximum Gasteiger partial charge on any atom is 1.00 e. The number of aliphatic hydroxyl groups is 1. The third-order valence-electron chi connectivity index (χ3n) is 0.949. The Hall–Kier alpha value is -0.503. The van der Waals surface area contributed by atoms with Crippen LogP contribution in [0.4, 0.5) is 0 Å². The molecule has 11 heavy (non-hydrogen) atoms. The quantitative estimate of drug-likeness (QED) is 0.396. The summed E-state index contributed by atoms with van der Waals surface area (Å²) in [6.07, 6.45) is -0.900. The van der Waals surface area contributed by atoms with Crippen LogP contribution in [0, 0.1) is 0 Å². The van der Waals surface area contributed by atoms with E-state index >= 15 is 0 Å². The molecule has 0 radical (unpaired) electrons. The Bertz CT molecular complexity index is 164. The molecule has 0 bridgehead atoms. The van der Waals surface area contributed by atoms with Crippen molar-refractivity contribution in [1.82, 2.24) is 0 Å². The van der Waals surface area contributed by atoms with Gasteiger partial charge in [0, 0.05) is 12.4 Å². The van der Waals surface area contributed by atoms with Gasteiger partial charge in [-0.05, 0) is 6.92 Å². The summed E-state index contributed by atoms with van der Waals surface area (Å²) in [5, 5.41) is 26.7. The standard InChI is InChI=1S/C5H8O5.Li/c1-5(10,4(8)9)2-3(6)7;/h10H,2H2,1H3,(H,6,7)(H,8,9);/q;+1/p-1/t5-;/m1./s1. The molecule has 0 saturated heterocycles. The Kier molecular flexibility index (Phi) is 5.23. The van der Waals surface area contributed by atoms with Gasteiger partial charge in [-0.3, -0.25) is 0 Å². The van der Waals surface area contributed by atoms with Gasteiger partial charge < -0.3 is 20.1 Å². The van der Waals surface area contributed by atoms with E-state index in [1.165, 1.54) is 0 Å². The fourth-order valence-corrected chi connectivity index (χ4v) is 0.357. The predicted molar refractivity (Wildman–Crippen MR) is 27.9 cm³/mol. The summed E-state index contributed by atoms with van der Waals surface area (Å²) in [6.45, 7) is 0.894. The van der Waals surface area contributed by atoms with Crippen LogP contribution >= 0.6 is 0 Å². The van der Waals surface area contributed by atoms with Crippen LogP contribution in [0.5, 0.6) is 0 Å². The molecule has 0 aliphatic rings. The number of aliphatic carboxylic acids is 2. The van der Waals surface area contributed by atoms with Gasteiger partial charge in [0.2, 0.25) is 0 Å². The molecule has 58 valence electrons. The van der Waals surface area contributed by atoms with Crippen LogP contribution in [0.3, 0.4) is 0 Å². The molecule has 0 heterocycles. The minimum atomic E-state index is -2.22. The van der Waals surface area contributed by atoms with Crippen molar-refractivity contribution in [2.75, 3.05) is 0 Å². The first-order valence-electron chi connectivity index (χ1n) is 2.52. The van der Waals surface area contributed by atoms with Gasteiger partial charge in [-0.25, -0.2) is 4.79 Å². The summed E-state index contributed by atoms with van der Waals surface area (Å²) in [6, 6.07) is 0. The summed E-state index contributed by atoms with van der Waals surface area (Å²) in [7, 11) is 0. The minimum absolute atomic E-state index is 0. The number of carbonyl (C=O) groups excluding carboxylic acids is 1. The second-order valence-electron chi connectivity index (χ2n) is 2.13. The van der Waals surface area contributed by atoms with Crippen LogP contribution in [0.2, 0.25) is 0 Å². The van der Waals surface area contributed by atoms with E-state index < -0.39 is 24.0 Å². The molecule has 0 amide bonds. The third kappa shape index (κ3) is 4.84. The third-order valence-corrected chi connectivity index (χ3v) is 0.949. The molecule has 0 aromatic heterocycles. The van der Waals surface area contributed by atoms with Crippen molar-refractivity contribution in [3.8, 4) is 0 Å². The smallest absolute Gasteiger partial charge is 0.550 e. The SMILES string of the molecule is C[C@@](O)(CC(=O)[O-])C(=O)O.[Li+]. The van der Waals surface area contributed by atoms with E-state index in [-0.39, 0.29) is 18.9 Å². The van der Waals surface area contributed by atoms with Gasteiger partial charge in [-0.2, -0.15) is 0 Å². The van der Waals surface area contributed by atoms with Crippen LogP contribution in [0.25, 0.3) is 0 Å². The van der Waals surface area contributed by atoms with E-state index in [4.69, 9.17) is 10.2 Å². The number of carboxylic acids is 2. The zero-order valence-corrected chi connectivity index (χ0v) is 6.33. The van der Waals surface area contributed by atoms with Crippen LogP contribution in [-0.4, -0.2) is 27.8 Å². The van der Waals surface area contributed by atoms with Gasteiger partial charge in [0.1, 0.15) is 0 Å². The van der Waals surface area contributed by atoms with Crippen molar-refractivity contribution < 1.29 is 43.8 Å². The average molecular weight is 154 g/mol. The fourth-order valence-electron chi connectivity index (χ4n) is 0.357. The van der Waals surface area contributed by atoms with E-state index in [1.807, 2.05) is 0 Å². The summed E-state index contributed by atoms with van der Waals surface area (Å²) in [5.74, 6) is -3.16. The average Bonchev–Trinajstić information content (AvgIpc) is 1.60. The van der Waals surface area contributed by atoms with Crippen LogP contribution < -0.4 is 24.0 Å². The van der Waals surface area contributed by atoms with Gasteiger partial charge >= 0.3 is 24.8 Å². The van der Waals surface area contributed by atoms with Gasteiger partial charge in [0.25, 0.3) is 0 Å². The summed E-state index contributed by atoms with van der Waals surface area (Å²) in [4.78, 5) is 19.8. The first-order valence-corrected chi connectivity index (χ1v) is 2.52. The summed E-state index contributed by atoms with van der Waals surface area (Å²) in [5.41, 5.74) is -2.22. The Morgan fingerprint density at radius 1 is 1.55 bits per heavy atom. The van der Waals surface area contributed by atoms with Crippen molar-refractivity contribution >= 4 is 11.9 Å². The molecular formula is C5H7LiO5. The number of carboxylic acid groups (broad SMARTS) is 2. The summed E-state index contributed by atoms with van der Waals surface area (Å²) >= 11 is 0. The molecule has 6 heteroatoms. The molecule has 5 nitrogen and oxygen atoms in total. The zero-order chi connectivity index (χ0) is 8.36. The topological polar surface area (TPSA) is 97.7 Å². The van der Waals surface area contributed by atoms with E-state index in [0.717, 1.165) is 6.92 Å². The van der Waals surface area contributed by atoms with Crippen LogP contribution in [0.1, 0.15) is 13.3 Å². The van der Waals surface area contributed by atoms with E-state index in [2.05, 4.69) is 0 Å². The Morgan fingerprint density at radius 3 is 2.00 bits per heavy atom. The van der Waals surface area contributed by atoms with E-state index in [0.29, 0.717) is 0 Å². The molecule has 2 N–H and O–H groups in total. The molecule has 0 unspecified atom stereocenters. The number of carbonyl (C=O) groups is 2. The van der Waals surface area contributed by atoms with Crippen molar-refractivity contribution in [3.05, 3.63) is 0 Å². The normalized spacial score (nSPS) is 14.4. The molecule has 0 fully saturated rings. The molecule has 0 aliphatic heterocycles. The van der Waals surface area contributed by atoms with Gasteiger partial charge in [0.15, 0.2) is 5.60 Å². The molecule has 0 saturated carbocycles. The maximum atomic E-state index is 10.0. The zero-order valence-electron chi connectivity index (χ0n) is 6.33. The number of hydrogen-bond donors (Lipinski definition) is 2. The monoisotopic (exact) mass is 154 g/mol. The van der Waals surface area contributed by atoms with Crippen LogP contribution in [-0.2, 0) is 9.59 Å². The second-order valence-corrected chi connectivity index (χ2v) is 2.13. The first-order chi connectivity index (χ1) is 4.36. The van der Waals surface area contributed by atoms with Gasteiger partial charge in [-0.1, -0.05) is 0 Å². The predicted octanol–water partition coefficient (Wildman–Crippen LogP) is -5.03. The van der Waals surface area contributed by atoms with E-state index in [1.54, 1.807) is 0 Å². The maximum absolute atomic E-state index is 10.0. The number of hydrogen-bond acceptors (Lipinski definition) is 4. The molecular weight excluding hydrogens is 147 g/mol. The second kappa shape index (κ2) is 4.39. The Balaban J connectivity index is 0. The Morgan fingerprint density at radius 2 is 1.91 bits per heavy atom. The number of rotatable bonds is 3. The Labute approximate surface area is 75.2 Å². The minimum Gasteiger partial charge on any atom is -0.550 e. The van der Waals surface area contributed by atoms with Crippen molar-refractivity contribution in [2.45, 2.75) is 18.9 Å². The van der Waals surface area contributed by atoms with Crippen molar-refractivity contribution in [1.29, 1.82) is 0 Å². The summed E-state index contributed by atoms with van der Waals surface area (Å²) < 4.78 is 0. The van der Waals surface area contributed by atoms with Crippen molar-refractivity contribution in [2.24, 2.45) is 0 Å². The molecule has 0 aliphatic carbocycles. The van der Waals surface area contributed by atoms with Crippen LogP contribution in [0.15, 0.2) is 0 Å². The fraction of sp³-hybridized carbons (Fsp3) is 0.600.